The van der Waals surface area contributed by atoms with Gasteiger partial charge in [0.25, 0.3) is 0 Å². The lowest BCUT2D eigenvalue weighted by molar-refractivity contribution is -0.118. The number of halogens is 5. The van der Waals surface area contributed by atoms with Crippen LogP contribution in [0.2, 0.25) is 0 Å². The second kappa shape index (κ2) is 6.89. The van der Waals surface area contributed by atoms with Gasteiger partial charge < -0.3 is 4.74 Å². The van der Waals surface area contributed by atoms with Gasteiger partial charge in [-0.1, -0.05) is 44.2 Å². The molecular formula is C25H17F5O2. The van der Waals surface area contributed by atoms with Gasteiger partial charge in [0, 0.05) is 29.5 Å². The van der Waals surface area contributed by atoms with Gasteiger partial charge in [0.1, 0.15) is 11.5 Å². The van der Waals surface area contributed by atoms with Crippen LogP contribution in [0.3, 0.4) is 0 Å². The summed E-state index contributed by atoms with van der Waals surface area (Å²) in [7, 11) is 0. The Morgan fingerprint density at radius 1 is 0.812 bits per heavy atom. The van der Waals surface area contributed by atoms with Gasteiger partial charge in [0.05, 0.1) is 5.92 Å². The monoisotopic (exact) mass is 444 g/mol. The molecule has 0 amide bonds. The molecule has 3 aromatic rings. The summed E-state index contributed by atoms with van der Waals surface area (Å²) in [6.07, 6.45) is 0.341. The van der Waals surface area contributed by atoms with Crippen molar-refractivity contribution in [3.05, 3.63) is 87.9 Å². The molecule has 0 saturated heterocycles. The summed E-state index contributed by atoms with van der Waals surface area (Å²) < 4.78 is 78.3. The highest BCUT2D eigenvalue weighted by Gasteiger charge is 2.45. The Morgan fingerprint density at radius 2 is 1.44 bits per heavy atom. The number of Topliss-reactive ketones (excluding diaryl/α,β-unsaturated/α-hetero) is 1. The number of rotatable bonds is 1. The molecule has 0 spiro atoms. The molecule has 164 valence electrons. The van der Waals surface area contributed by atoms with Crippen LogP contribution < -0.4 is 4.74 Å². The van der Waals surface area contributed by atoms with Crippen molar-refractivity contribution in [1.82, 2.24) is 0 Å². The van der Waals surface area contributed by atoms with Crippen LogP contribution in [0.25, 0.3) is 10.8 Å². The van der Waals surface area contributed by atoms with E-state index >= 15 is 8.78 Å². The number of ether oxygens (including phenoxy) is 1. The molecule has 1 aliphatic carbocycles. The maximum atomic E-state index is 15.0. The molecule has 0 N–H and O–H groups in total. The number of fused-ring (bicyclic) bond motifs is 3. The topological polar surface area (TPSA) is 26.3 Å². The van der Waals surface area contributed by atoms with Gasteiger partial charge >= 0.3 is 0 Å². The van der Waals surface area contributed by atoms with Gasteiger partial charge in [-0.25, -0.2) is 22.0 Å². The van der Waals surface area contributed by atoms with E-state index in [2.05, 4.69) is 0 Å². The van der Waals surface area contributed by atoms with E-state index in [9.17, 15) is 18.0 Å². The number of hydrogen-bond acceptors (Lipinski definition) is 2. The number of carbonyl (C=O) groups is 1. The van der Waals surface area contributed by atoms with Crippen molar-refractivity contribution in [3.8, 4) is 5.75 Å². The van der Waals surface area contributed by atoms with E-state index in [1.165, 1.54) is 0 Å². The standard InChI is InChI=1S/C25H17F5O2/c1-25(2)9-13(31)17-15(10-25)32-14-8-7-11-5-3-4-6-12(11)16(14)18(17)19-20(26)22(28)24(30)23(29)21(19)27/h3-8,18H,9-10H2,1-2H3. The van der Waals surface area contributed by atoms with Crippen LogP contribution in [0.15, 0.2) is 47.7 Å². The normalized spacial score (nSPS) is 19.6. The molecule has 1 unspecified atom stereocenters. The summed E-state index contributed by atoms with van der Waals surface area (Å²) >= 11 is 0. The summed E-state index contributed by atoms with van der Waals surface area (Å²) in [5.41, 5.74) is -1.37. The van der Waals surface area contributed by atoms with Crippen LogP contribution in [0.5, 0.6) is 5.75 Å². The van der Waals surface area contributed by atoms with E-state index in [0.717, 1.165) is 0 Å². The molecule has 0 saturated carbocycles. The van der Waals surface area contributed by atoms with Crippen molar-refractivity contribution in [3.63, 3.8) is 0 Å². The fraction of sp³-hybridized carbons (Fsp3) is 0.240. The Morgan fingerprint density at radius 3 is 2.12 bits per heavy atom. The minimum Gasteiger partial charge on any atom is -0.461 e. The summed E-state index contributed by atoms with van der Waals surface area (Å²) in [6, 6.07) is 10.2. The first-order chi connectivity index (χ1) is 15.1. The second-order valence-corrected chi connectivity index (χ2v) is 8.99. The zero-order valence-corrected chi connectivity index (χ0v) is 17.2. The molecule has 0 fully saturated rings. The van der Waals surface area contributed by atoms with Crippen molar-refractivity contribution < 1.29 is 31.5 Å². The zero-order chi connectivity index (χ0) is 22.9. The summed E-state index contributed by atoms with van der Waals surface area (Å²) in [6.45, 7) is 3.70. The summed E-state index contributed by atoms with van der Waals surface area (Å²) in [5, 5.41) is 1.18. The molecule has 3 aromatic carbocycles. The predicted octanol–water partition coefficient (Wildman–Crippen LogP) is 6.70. The zero-order valence-electron chi connectivity index (χ0n) is 17.2. The second-order valence-electron chi connectivity index (χ2n) is 8.99. The highest BCUT2D eigenvalue weighted by Crippen LogP contribution is 2.53. The van der Waals surface area contributed by atoms with Gasteiger partial charge in [-0.05, 0) is 22.3 Å². The van der Waals surface area contributed by atoms with Crippen molar-refractivity contribution >= 4 is 16.6 Å². The van der Waals surface area contributed by atoms with E-state index < -0.39 is 51.8 Å². The van der Waals surface area contributed by atoms with Crippen LogP contribution >= 0.6 is 0 Å². The highest BCUT2D eigenvalue weighted by atomic mass is 19.2. The van der Waals surface area contributed by atoms with E-state index in [4.69, 9.17) is 4.74 Å². The molecule has 5 rings (SSSR count). The molecular weight excluding hydrogens is 427 g/mol. The fourth-order valence-corrected chi connectivity index (χ4v) is 4.79. The van der Waals surface area contributed by atoms with Crippen molar-refractivity contribution in [2.24, 2.45) is 5.41 Å². The van der Waals surface area contributed by atoms with E-state index in [-0.39, 0.29) is 35.5 Å². The first kappa shape index (κ1) is 20.7. The molecule has 1 atom stereocenters. The van der Waals surface area contributed by atoms with Gasteiger partial charge in [0.15, 0.2) is 29.1 Å². The van der Waals surface area contributed by atoms with Crippen molar-refractivity contribution in [2.75, 3.05) is 0 Å². The summed E-state index contributed by atoms with van der Waals surface area (Å²) in [5.74, 6) is -11.7. The number of ketones is 1. The van der Waals surface area contributed by atoms with Crippen LogP contribution in [0.1, 0.15) is 43.7 Å². The van der Waals surface area contributed by atoms with Crippen molar-refractivity contribution in [2.45, 2.75) is 32.6 Å². The van der Waals surface area contributed by atoms with Gasteiger partial charge in [-0.3, -0.25) is 4.79 Å². The Bertz CT molecular complexity index is 1330. The lowest BCUT2D eigenvalue weighted by Gasteiger charge is -2.39. The van der Waals surface area contributed by atoms with Gasteiger partial charge in [-0.15, -0.1) is 0 Å². The third-order valence-electron chi connectivity index (χ3n) is 6.15. The molecule has 1 aliphatic heterocycles. The van der Waals surface area contributed by atoms with Crippen LogP contribution in [0.4, 0.5) is 22.0 Å². The third-order valence-corrected chi connectivity index (χ3v) is 6.15. The SMILES string of the molecule is CC1(C)CC(=O)C2=C(C1)Oc1ccc3ccccc3c1C2c1c(F)c(F)c(F)c(F)c1F. The minimum atomic E-state index is -2.24. The molecule has 0 aromatic heterocycles. The van der Waals surface area contributed by atoms with Crippen LogP contribution in [0, 0.1) is 34.5 Å². The lowest BCUT2D eigenvalue weighted by Crippen LogP contribution is -2.33. The van der Waals surface area contributed by atoms with Crippen LogP contribution in [-0.2, 0) is 4.79 Å². The van der Waals surface area contributed by atoms with Gasteiger partial charge in [0.2, 0.25) is 5.82 Å². The lowest BCUT2D eigenvalue weighted by atomic mass is 9.69. The predicted molar refractivity (Wildman–Crippen MR) is 108 cm³/mol. The highest BCUT2D eigenvalue weighted by molar-refractivity contribution is 6.02. The molecule has 7 heteroatoms. The molecule has 0 bridgehead atoms. The van der Waals surface area contributed by atoms with E-state index in [1.807, 2.05) is 13.8 Å². The molecule has 2 nitrogen and oxygen atoms in total. The fourth-order valence-electron chi connectivity index (χ4n) is 4.79. The number of carbonyl (C=O) groups excluding carboxylic acids is 1. The Balaban J connectivity index is 1.91. The van der Waals surface area contributed by atoms with E-state index in [0.29, 0.717) is 10.8 Å². The largest absolute Gasteiger partial charge is 0.461 e. The number of allylic oxidation sites excluding steroid dienone is 2. The van der Waals surface area contributed by atoms with Crippen molar-refractivity contribution in [1.29, 1.82) is 0 Å². The van der Waals surface area contributed by atoms with Crippen LogP contribution in [-0.4, -0.2) is 5.78 Å². The van der Waals surface area contributed by atoms with E-state index in [1.54, 1.807) is 36.4 Å². The minimum absolute atomic E-state index is 0.0567. The maximum absolute atomic E-state index is 15.0. The summed E-state index contributed by atoms with van der Waals surface area (Å²) in [4.78, 5) is 13.2. The Kier molecular flexibility index (Phi) is 4.45. The molecule has 1 heterocycles. The number of hydrogen-bond donors (Lipinski definition) is 0. The first-order valence-corrected chi connectivity index (χ1v) is 10.1. The third kappa shape index (κ3) is 2.87. The molecule has 2 aliphatic rings. The quantitative estimate of drug-likeness (QED) is 0.237. The molecule has 0 radical (unpaired) electrons. The number of benzene rings is 3. The average molecular weight is 444 g/mol. The smallest absolute Gasteiger partial charge is 0.200 e. The average Bonchev–Trinajstić information content (AvgIpc) is 2.74. The molecule has 32 heavy (non-hydrogen) atoms. The first-order valence-electron chi connectivity index (χ1n) is 10.1. The Hall–Kier alpha value is -3.22. The van der Waals surface area contributed by atoms with Gasteiger partial charge in [-0.2, -0.15) is 0 Å². The Labute approximate surface area is 180 Å². The maximum Gasteiger partial charge on any atom is 0.200 e.